The number of urea groups is 1. The van der Waals surface area contributed by atoms with Crippen LogP contribution in [-0.2, 0) is 11.4 Å². The van der Waals surface area contributed by atoms with Gasteiger partial charge in [0.15, 0.2) is 11.5 Å². The molecule has 0 aliphatic carbocycles. The molecule has 1 saturated heterocycles. The van der Waals surface area contributed by atoms with Gasteiger partial charge in [0, 0.05) is 11.5 Å². The first kappa shape index (κ1) is 18.0. The van der Waals surface area contributed by atoms with Gasteiger partial charge >= 0.3 is 6.03 Å². The number of carbonyl (C=O) groups excluding carboxylic acids is 2. The lowest BCUT2D eigenvalue weighted by Gasteiger charge is -2.11. The third-order valence-electron chi connectivity index (χ3n) is 3.89. The van der Waals surface area contributed by atoms with Crippen molar-refractivity contribution in [3.05, 3.63) is 63.8 Å². The number of benzene rings is 2. The molecule has 134 valence electrons. The Bertz CT molecular complexity index is 878. The summed E-state index contributed by atoms with van der Waals surface area (Å²) in [7, 11) is 2.98. The lowest BCUT2D eigenvalue weighted by atomic mass is 10.1. The van der Waals surface area contributed by atoms with Crippen molar-refractivity contribution >= 4 is 33.9 Å². The van der Waals surface area contributed by atoms with Gasteiger partial charge in [-0.05, 0) is 41.5 Å². The molecule has 1 aliphatic rings. The van der Waals surface area contributed by atoms with E-state index in [-0.39, 0.29) is 11.6 Å². The standard InChI is InChI=1S/C19H17BrN2O4/c1-22-18(23)15(21-19(22)24)9-13-5-8-16(17(10-13)25-2)26-11-12-3-6-14(20)7-4-12/h3-10H,11H2,1-2H3,(H,21,24)/b15-9+. The first-order chi connectivity index (χ1) is 12.5. The normalized spacial score (nSPS) is 15.3. The molecule has 1 N–H and O–H groups in total. The summed E-state index contributed by atoms with van der Waals surface area (Å²) in [6.45, 7) is 0.406. The van der Waals surface area contributed by atoms with Gasteiger partial charge in [-0.2, -0.15) is 0 Å². The molecule has 2 aromatic rings. The maximum atomic E-state index is 11.9. The molecular weight excluding hydrogens is 400 g/mol. The van der Waals surface area contributed by atoms with Crippen molar-refractivity contribution in [1.29, 1.82) is 0 Å². The number of hydrogen-bond acceptors (Lipinski definition) is 4. The number of imide groups is 1. The molecule has 7 heteroatoms. The van der Waals surface area contributed by atoms with Crippen LogP contribution in [0, 0.1) is 0 Å². The van der Waals surface area contributed by atoms with Crippen molar-refractivity contribution in [2.24, 2.45) is 0 Å². The molecular formula is C19H17BrN2O4. The summed E-state index contributed by atoms with van der Waals surface area (Å²) in [5.41, 5.74) is 1.98. The van der Waals surface area contributed by atoms with Gasteiger partial charge in [0.1, 0.15) is 12.3 Å². The summed E-state index contributed by atoms with van der Waals surface area (Å²) in [6.07, 6.45) is 1.60. The average Bonchev–Trinajstić information content (AvgIpc) is 2.88. The summed E-state index contributed by atoms with van der Waals surface area (Å²) in [4.78, 5) is 24.5. The van der Waals surface area contributed by atoms with Crippen molar-refractivity contribution in [3.8, 4) is 11.5 Å². The third kappa shape index (κ3) is 3.88. The summed E-state index contributed by atoms with van der Waals surface area (Å²) in [5, 5.41) is 2.53. The predicted molar refractivity (Wildman–Crippen MR) is 101 cm³/mol. The zero-order chi connectivity index (χ0) is 18.7. The molecule has 0 spiro atoms. The molecule has 0 atom stereocenters. The summed E-state index contributed by atoms with van der Waals surface area (Å²) >= 11 is 3.40. The molecule has 3 amide bonds. The maximum Gasteiger partial charge on any atom is 0.328 e. The number of hydrogen-bond donors (Lipinski definition) is 1. The van der Waals surface area contributed by atoms with Crippen LogP contribution in [0.4, 0.5) is 4.79 Å². The Hall–Kier alpha value is -2.80. The van der Waals surface area contributed by atoms with Crippen molar-refractivity contribution in [1.82, 2.24) is 10.2 Å². The minimum absolute atomic E-state index is 0.225. The number of rotatable bonds is 5. The van der Waals surface area contributed by atoms with Gasteiger partial charge in [0.05, 0.1) is 7.11 Å². The van der Waals surface area contributed by atoms with Crippen LogP contribution in [0.3, 0.4) is 0 Å². The van der Waals surface area contributed by atoms with Crippen LogP contribution in [0.2, 0.25) is 0 Å². The number of methoxy groups -OCH3 is 1. The molecule has 6 nitrogen and oxygen atoms in total. The van der Waals surface area contributed by atoms with Crippen LogP contribution in [0.25, 0.3) is 6.08 Å². The zero-order valence-electron chi connectivity index (χ0n) is 14.3. The van der Waals surface area contributed by atoms with Gasteiger partial charge in [-0.15, -0.1) is 0 Å². The van der Waals surface area contributed by atoms with E-state index in [1.165, 1.54) is 7.05 Å². The van der Waals surface area contributed by atoms with Crippen LogP contribution in [0.1, 0.15) is 11.1 Å². The second-order valence-corrected chi connectivity index (χ2v) is 6.59. The second kappa shape index (κ2) is 7.61. The van der Waals surface area contributed by atoms with Crippen LogP contribution < -0.4 is 14.8 Å². The molecule has 0 bridgehead atoms. The Kier molecular flexibility index (Phi) is 5.27. The molecule has 26 heavy (non-hydrogen) atoms. The number of halogens is 1. The number of likely N-dealkylation sites (N-methyl/N-ethyl adjacent to an activating group) is 1. The molecule has 3 rings (SSSR count). The number of carbonyl (C=O) groups is 2. The minimum Gasteiger partial charge on any atom is -0.493 e. The Morgan fingerprint density at radius 1 is 1.12 bits per heavy atom. The SMILES string of the molecule is COc1cc(/C=C2/NC(=O)N(C)C2=O)ccc1OCc1ccc(Br)cc1. The summed E-state index contributed by atoms with van der Waals surface area (Å²) in [5.74, 6) is 0.766. The van der Waals surface area contributed by atoms with E-state index in [1.807, 2.05) is 24.3 Å². The molecule has 2 aromatic carbocycles. The number of amides is 3. The van der Waals surface area contributed by atoms with Crippen LogP contribution in [0.5, 0.6) is 11.5 Å². The summed E-state index contributed by atoms with van der Waals surface area (Å²) < 4.78 is 12.2. The van der Waals surface area contributed by atoms with Gasteiger partial charge in [-0.1, -0.05) is 34.1 Å². The molecule has 1 heterocycles. The molecule has 0 unspecified atom stereocenters. The largest absolute Gasteiger partial charge is 0.493 e. The molecule has 0 saturated carbocycles. The van der Waals surface area contributed by atoms with E-state index in [0.29, 0.717) is 18.1 Å². The fourth-order valence-electron chi connectivity index (χ4n) is 2.42. The van der Waals surface area contributed by atoms with Crippen LogP contribution in [-0.4, -0.2) is 31.0 Å². The third-order valence-corrected chi connectivity index (χ3v) is 4.42. The maximum absolute atomic E-state index is 11.9. The fourth-order valence-corrected chi connectivity index (χ4v) is 2.69. The minimum atomic E-state index is -0.442. The van der Waals surface area contributed by atoms with Crippen molar-refractivity contribution in [3.63, 3.8) is 0 Å². The lowest BCUT2D eigenvalue weighted by molar-refractivity contribution is -0.121. The van der Waals surface area contributed by atoms with Gasteiger partial charge in [0.2, 0.25) is 0 Å². The van der Waals surface area contributed by atoms with E-state index in [2.05, 4.69) is 21.2 Å². The smallest absolute Gasteiger partial charge is 0.328 e. The van der Waals surface area contributed by atoms with E-state index < -0.39 is 6.03 Å². The van der Waals surface area contributed by atoms with Crippen molar-refractivity contribution in [2.45, 2.75) is 6.61 Å². The fraction of sp³-hybridized carbons (Fsp3) is 0.158. The van der Waals surface area contributed by atoms with Gasteiger partial charge in [0.25, 0.3) is 5.91 Å². The van der Waals surface area contributed by atoms with E-state index in [1.54, 1.807) is 31.4 Å². The highest BCUT2D eigenvalue weighted by atomic mass is 79.9. The van der Waals surface area contributed by atoms with Crippen molar-refractivity contribution < 1.29 is 19.1 Å². The van der Waals surface area contributed by atoms with E-state index in [9.17, 15) is 9.59 Å². The Balaban J connectivity index is 1.76. The zero-order valence-corrected chi connectivity index (χ0v) is 15.9. The predicted octanol–water partition coefficient (Wildman–Crippen LogP) is 3.56. The Labute approximate surface area is 159 Å². The molecule has 0 radical (unpaired) electrons. The van der Waals surface area contributed by atoms with Crippen LogP contribution in [0.15, 0.2) is 52.6 Å². The number of nitrogens with zero attached hydrogens (tertiary/aromatic N) is 1. The highest BCUT2D eigenvalue weighted by molar-refractivity contribution is 9.10. The van der Waals surface area contributed by atoms with Crippen molar-refractivity contribution in [2.75, 3.05) is 14.2 Å². The van der Waals surface area contributed by atoms with E-state index >= 15 is 0 Å². The quantitative estimate of drug-likeness (QED) is 0.597. The monoisotopic (exact) mass is 416 g/mol. The van der Waals surface area contributed by atoms with E-state index in [0.717, 1.165) is 20.5 Å². The van der Waals surface area contributed by atoms with Gasteiger partial charge < -0.3 is 14.8 Å². The molecule has 1 fully saturated rings. The van der Waals surface area contributed by atoms with Gasteiger partial charge in [-0.3, -0.25) is 9.69 Å². The van der Waals surface area contributed by atoms with Gasteiger partial charge in [-0.25, -0.2) is 4.79 Å². The number of nitrogens with one attached hydrogen (secondary N) is 1. The van der Waals surface area contributed by atoms with Crippen LogP contribution >= 0.6 is 15.9 Å². The first-order valence-corrected chi connectivity index (χ1v) is 8.63. The second-order valence-electron chi connectivity index (χ2n) is 5.68. The highest BCUT2D eigenvalue weighted by Gasteiger charge is 2.29. The first-order valence-electron chi connectivity index (χ1n) is 7.84. The lowest BCUT2D eigenvalue weighted by Crippen LogP contribution is -2.25. The average molecular weight is 417 g/mol. The Morgan fingerprint density at radius 3 is 2.46 bits per heavy atom. The summed E-state index contributed by atoms with van der Waals surface area (Å²) in [6, 6.07) is 12.7. The highest BCUT2D eigenvalue weighted by Crippen LogP contribution is 2.30. The topological polar surface area (TPSA) is 67.9 Å². The molecule has 0 aromatic heterocycles. The number of ether oxygens (including phenoxy) is 2. The Morgan fingerprint density at radius 2 is 1.85 bits per heavy atom. The van der Waals surface area contributed by atoms with E-state index in [4.69, 9.17) is 9.47 Å². The molecule has 1 aliphatic heterocycles.